The van der Waals surface area contributed by atoms with Crippen LogP contribution in [0.5, 0.6) is 17.2 Å². The van der Waals surface area contributed by atoms with Gasteiger partial charge in [-0.2, -0.15) is 0 Å². The summed E-state index contributed by atoms with van der Waals surface area (Å²) in [6, 6.07) is 21.9. The van der Waals surface area contributed by atoms with E-state index in [0.29, 0.717) is 34.7 Å². The van der Waals surface area contributed by atoms with Crippen LogP contribution in [0.3, 0.4) is 0 Å². The second-order valence-corrected chi connectivity index (χ2v) is 7.55. The number of hydrogen-bond acceptors (Lipinski definition) is 5. The first-order chi connectivity index (χ1) is 15.0. The molecule has 0 spiro atoms. The zero-order chi connectivity index (χ0) is 22.1. The summed E-state index contributed by atoms with van der Waals surface area (Å²) in [6.45, 7) is 0.870. The Balaban J connectivity index is 1.44. The third-order valence-electron chi connectivity index (χ3n) is 4.12. The maximum absolute atomic E-state index is 12.4. The van der Waals surface area contributed by atoms with Crippen LogP contribution in [0, 0.1) is 0 Å². The summed E-state index contributed by atoms with van der Waals surface area (Å²) < 4.78 is 17.1. The predicted molar refractivity (Wildman–Crippen MR) is 128 cm³/mol. The molecule has 0 heterocycles. The van der Waals surface area contributed by atoms with Crippen molar-refractivity contribution in [3.63, 3.8) is 0 Å². The molecule has 0 fully saturated rings. The van der Waals surface area contributed by atoms with E-state index in [4.69, 9.17) is 26.4 Å². The van der Waals surface area contributed by atoms with Gasteiger partial charge in [0.05, 0.1) is 11.6 Å². The van der Waals surface area contributed by atoms with Crippen LogP contribution < -0.4 is 24.8 Å². The fourth-order valence-corrected chi connectivity index (χ4v) is 3.37. The summed E-state index contributed by atoms with van der Waals surface area (Å²) in [5, 5.41) is 5.83. The largest absolute Gasteiger partial charge is 0.496 e. The summed E-state index contributed by atoms with van der Waals surface area (Å²) in [7, 11) is 1.56. The standard InChI is InChI=1S/C23H21BrN2O4S/c1-28-21-12-7-16(15-20(21)24)22(27)26-23(31)25-17-8-10-19(11-9-17)30-14-13-29-18-5-3-2-4-6-18/h2-12,15H,13-14H2,1H3,(H2,25,26,27,31). The number of rotatable bonds is 8. The van der Waals surface area contributed by atoms with Crippen LogP contribution in [-0.4, -0.2) is 31.3 Å². The second-order valence-electron chi connectivity index (χ2n) is 6.29. The van der Waals surface area contributed by atoms with Crippen molar-refractivity contribution in [2.45, 2.75) is 0 Å². The van der Waals surface area contributed by atoms with Crippen LogP contribution >= 0.6 is 28.1 Å². The van der Waals surface area contributed by atoms with Crippen molar-refractivity contribution in [2.75, 3.05) is 25.6 Å². The van der Waals surface area contributed by atoms with Gasteiger partial charge in [-0.3, -0.25) is 10.1 Å². The molecule has 0 saturated carbocycles. The van der Waals surface area contributed by atoms with Gasteiger partial charge in [0, 0.05) is 11.3 Å². The molecule has 6 nitrogen and oxygen atoms in total. The molecular formula is C23H21BrN2O4S. The van der Waals surface area contributed by atoms with E-state index < -0.39 is 0 Å². The molecule has 0 unspecified atom stereocenters. The van der Waals surface area contributed by atoms with Gasteiger partial charge in [-0.15, -0.1) is 0 Å². The smallest absolute Gasteiger partial charge is 0.257 e. The Kier molecular flexibility index (Phi) is 8.26. The van der Waals surface area contributed by atoms with Crippen molar-refractivity contribution < 1.29 is 19.0 Å². The first-order valence-electron chi connectivity index (χ1n) is 9.42. The van der Waals surface area contributed by atoms with Crippen molar-refractivity contribution in [3.8, 4) is 17.2 Å². The third kappa shape index (κ3) is 6.97. The lowest BCUT2D eigenvalue weighted by Crippen LogP contribution is -2.34. The van der Waals surface area contributed by atoms with E-state index in [1.54, 1.807) is 25.3 Å². The van der Waals surface area contributed by atoms with Crippen LogP contribution in [-0.2, 0) is 0 Å². The minimum absolute atomic E-state index is 0.196. The van der Waals surface area contributed by atoms with E-state index in [-0.39, 0.29) is 11.0 Å². The van der Waals surface area contributed by atoms with Gasteiger partial charge in [0.15, 0.2) is 5.11 Å². The van der Waals surface area contributed by atoms with E-state index in [9.17, 15) is 4.79 Å². The average Bonchev–Trinajstić information content (AvgIpc) is 2.78. The highest BCUT2D eigenvalue weighted by Crippen LogP contribution is 2.25. The van der Waals surface area contributed by atoms with Crippen LogP contribution in [0.25, 0.3) is 0 Å². The molecule has 3 aromatic rings. The Morgan fingerprint density at radius 3 is 2.19 bits per heavy atom. The van der Waals surface area contributed by atoms with Gasteiger partial charge in [-0.1, -0.05) is 18.2 Å². The molecule has 0 aromatic heterocycles. The van der Waals surface area contributed by atoms with Gasteiger partial charge < -0.3 is 19.5 Å². The lowest BCUT2D eigenvalue weighted by Gasteiger charge is -2.12. The minimum atomic E-state index is -0.320. The Morgan fingerprint density at radius 2 is 1.58 bits per heavy atom. The zero-order valence-corrected chi connectivity index (χ0v) is 19.2. The number of amides is 1. The Bertz CT molecular complexity index is 1030. The Labute approximate surface area is 194 Å². The van der Waals surface area contributed by atoms with Crippen LogP contribution in [0.4, 0.5) is 5.69 Å². The number of para-hydroxylation sites is 1. The second kappa shape index (κ2) is 11.3. The molecule has 2 N–H and O–H groups in total. The molecule has 0 bridgehead atoms. The molecule has 0 atom stereocenters. The predicted octanol–water partition coefficient (Wildman–Crippen LogP) is 5.04. The Hall–Kier alpha value is -3.10. The van der Waals surface area contributed by atoms with E-state index in [2.05, 4.69) is 26.6 Å². The van der Waals surface area contributed by atoms with E-state index >= 15 is 0 Å². The number of carbonyl (C=O) groups is 1. The average molecular weight is 501 g/mol. The molecule has 160 valence electrons. The summed E-state index contributed by atoms with van der Waals surface area (Å²) in [5.41, 5.74) is 1.19. The minimum Gasteiger partial charge on any atom is -0.496 e. The number of hydrogen-bond donors (Lipinski definition) is 2. The quantitative estimate of drug-likeness (QED) is 0.333. The number of carbonyl (C=O) groups excluding carboxylic acids is 1. The number of nitrogens with one attached hydrogen (secondary N) is 2. The SMILES string of the molecule is COc1ccc(C(=O)NC(=S)Nc2ccc(OCCOc3ccccc3)cc2)cc1Br. The van der Waals surface area contributed by atoms with E-state index in [1.165, 1.54) is 0 Å². The van der Waals surface area contributed by atoms with Crippen molar-refractivity contribution in [3.05, 3.63) is 82.8 Å². The maximum atomic E-state index is 12.4. The molecule has 8 heteroatoms. The number of methoxy groups -OCH3 is 1. The molecular weight excluding hydrogens is 480 g/mol. The van der Waals surface area contributed by atoms with Gasteiger partial charge in [0.25, 0.3) is 5.91 Å². The van der Waals surface area contributed by atoms with Crippen molar-refractivity contribution in [2.24, 2.45) is 0 Å². The summed E-state index contributed by atoms with van der Waals surface area (Å²) in [5.74, 6) is 1.84. The van der Waals surface area contributed by atoms with E-state index in [1.807, 2.05) is 54.6 Å². The molecule has 0 aliphatic rings. The van der Waals surface area contributed by atoms with Crippen LogP contribution in [0.1, 0.15) is 10.4 Å². The summed E-state index contributed by atoms with van der Waals surface area (Å²) in [6.07, 6.45) is 0. The van der Waals surface area contributed by atoms with Gasteiger partial charge in [0.2, 0.25) is 0 Å². The first-order valence-corrected chi connectivity index (χ1v) is 10.6. The van der Waals surface area contributed by atoms with Crippen molar-refractivity contribution >= 4 is 44.9 Å². The number of halogens is 1. The molecule has 0 saturated heterocycles. The van der Waals surface area contributed by atoms with Crippen LogP contribution in [0.15, 0.2) is 77.3 Å². The number of ether oxygens (including phenoxy) is 3. The monoisotopic (exact) mass is 500 g/mol. The molecule has 0 aliphatic carbocycles. The van der Waals surface area contributed by atoms with Gasteiger partial charge in [-0.05, 0) is 82.7 Å². The first kappa shape index (κ1) is 22.6. The van der Waals surface area contributed by atoms with Crippen molar-refractivity contribution in [1.82, 2.24) is 5.32 Å². The third-order valence-corrected chi connectivity index (χ3v) is 4.94. The number of anilines is 1. The summed E-state index contributed by atoms with van der Waals surface area (Å²) >= 11 is 8.59. The highest BCUT2D eigenvalue weighted by molar-refractivity contribution is 9.10. The van der Waals surface area contributed by atoms with Gasteiger partial charge in [0.1, 0.15) is 30.5 Å². The molecule has 1 amide bonds. The molecule has 31 heavy (non-hydrogen) atoms. The Morgan fingerprint density at radius 1 is 0.935 bits per heavy atom. The highest BCUT2D eigenvalue weighted by atomic mass is 79.9. The fourth-order valence-electron chi connectivity index (χ4n) is 2.62. The van der Waals surface area contributed by atoms with Crippen molar-refractivity contribution in [1.29, 1.82) is 0 Å². The molecule has 3 aromatic carbocycles. The number of benzene rings is 3. The van der Waals surface area contributed by atoms with E-state index in [0.717, 1.165) is 11.4 Å². The molecule has 0 radical (unpaired) electrons. The maximum Gasteiger partial charge on any atom is 0.257 e. The fraction of sp³-hybridized carbons (Fsp3) is 0.130. The van der Waals surface area contributed by atoms with Gasteiger partial charge >= 0.3 is 0 Å². The number of thiocarbonyl (C=S) groups is 1. The zero-order valence-electron chi connectivity index (χ0n) is 16.8. The lowest BCUT2D eigenvalue weighted by molar-refractivity contribution is 0.0977. The highest BCUT2D eigenvalue weighted by Gasteiger charge is 2.10. The molecule has 0 aliphatic heterocycles. The lowest BCUT2D eigenvalue weighted by atomic mass is 10.2. The summed E-state index contributed by atoms with van der Waals surface area (Å²) in [4.78, 5) is 12.4. The topological polar surface area (TPSA) is 68.8 Å². The van der Waals surface area contributed by atoms with Gasteiger partial charge in [-0.25, -0.2) is 0 Å². The molecule has 3 rings (SSSR count). The normalized spacial score (nSPS) is 10.1. The van der Waals surface area contributed by atoms with Crippen LogP contribution in [0.2, 0.25) is 0 Å².